The maximum absolute atomic E-state index is 12.4. The normalized spacial score (nSPS) is 11.2. The Morgan fingerprint density at radius 2 is 1.52 bits per heavy atom. The van der Waals surface area contributed by atoms with Crippen molar-refractivity contribution < 1.29 is 19.1 Å². The van der Waals surface area contributed by atoms with Crippen LogP contribution in [-0.2, 0) is 9.53 Å². The van der Waals surface area contributed by atoms with Crippen molar-refractivity contribution in [2.24, 2.45) is 0 Å². The summed E-state index contributed by atoms with van der Waals surface area (Å²) in [5.74, 6) is 0.816. The second kappa shape index (κ2) is 10.3. The van der Waals surface area contributed by atoms with Gasteiger partial charge >= 0.3 is 5.97 Å². The van der Waals surface area contributed by atoms with Crippen molar-refractivity contribution >= 4 is 18.0 Å². The lowest BCUT2D eigenvalue weighted by Gasteiger charge is -2.13. The summed E-state index contributed by atoms with van der Waals surface area (Å²) >= 11 is 0. The lowest BCUT2D eigenvalue weighted by atomic mass is 10.0. The van der Waals surface area contributed by atoms with Crippen LogP contribution in [0, 0.1) is 0 Å². The molecule has 0 bridgehead atoms. The van der Waals surface area contributed by atoms with Crippen molar-refractivity contribution in [3.05, 3.63) is 101 Å². The van der Waals surface area contributed by atoms with Gasteiger partial charge in [-0.05, 0) is 53.5 Å². The molecule has 3 aromatic carbocycles. The zero-order valence-corrected chi connectivity index (χ0v) is 17.8. The fourth-order valence-corrected chi connectivity index (χ4v) is 3.02. The number of methoxy groups -OCH3 is 1. The molecule has 5 heteroatoms. The Morgan fingerprint density at radius 3 is 2.16 bits per heavy atom. The number of esters is 1. The third-order valence-corrected chi connectivity index (χ3v) is 4.65. The zero-order chi connectivity index (χ0) is 22.2. The van der Waals surface area contributed by atoms with Crippen LogP contribution in [-0.4, -0.2) is 19.0 Å². The fourth-order valence-electron chi connectivity index (χ4n) is 3.02. The third-order valence-electron chi connectivity index (χ3n) is 4.65. The second-order valence-electron chi connectivity index (χ2n) is 7.23. The SMILES string of the molecule is COC(=O)/C(=C\c1ccc(Oc2ccccc2C(C)C)cc1)NC(=O)c1ccccc1. The van der Waals surface area contributed by atoms with Gasteiger partial charge < -0.3 is 14.8 Å². The van der Waals surface area contributed by atoms with Gasteiger partial charge in [-0.1, -0.05) is 62.4 Å². The standard InChI is InChI=1S/C26H25NO4/c1-18(2)22-11-7-8-12-24(22)31-21-15-13-19(14-16-21)17-23(26(29)30-3)27-25(28)20-9-5-4-6-10-20/h4-18H,1-3H3,(H,27,28)/b23-17+. The van der Waals surface area contributed by atoms with Gasteiger partial charge in [0.05, 0.1) is 7.11 Å². The summed E-state index contributed by atoms with van der Waals surface area (Å²) in [4.78, 5) is 24.6. The quantitative estimate of drug-likeness (QED) is 0.406. The summed E-state index contributed by atoms with van der Waals surface area (Å²) < 4.78 is 10.9. The molecule has 0 spiro atoms. The molecule has 0 unspecified atom stereocenters. The predicted octanol–water partition coefficient (Wildman–Crippen LogP) is 5.55. The van der Waals surface area contributed by atoms with Crippen LogP contribution < -0.4 is 10.1 Å². The van der Waals surface area contributed by atoms with Crippen LogP contribution in [0.4, 0.5) is 0 Å². The number of hydrogen-bond donors (Lipinski definition) is 1. The molecule has 1 amide bonds. The molecule has 0 aromatic heterocycles. The maximum Gasteiger partial charge on any atom is 0.354 e. The van der Waals surface area contributed by atoms with Crippen LogP contribution >= 0.6 is 0 Å². The predicted molar refractivity (Wildman–Crippen MR) is 121 cm³/mol. The van der Waals surface area contributed by atoms with Crippen molar-refractivity contribution in [3.63, 3.8) is 0 Å². The van der Waals surface area contributed by atoms with Crippen LogP contribution in [0.15, 0.2) is 84.6 Å². The van der Waals surface area contributed by atoms with E-state index in [9.17, 15) is 9.59 Å². The van der Waals surface area contributed by atoms with E-state index in [2.05, 4.69) is 25.2 Å². The van der Waals surface area contributed by atoms with Crippen LogP contribution in [0.5, 0.6) is 11.5 Å². The van der Waals surface area contributed by atoms with E-state index in [1.807, 2.05) is 48.5 Å². The minimum Gasteiger partial charge on any atom is -0.464 e. The van der Waals surface area contributed by atoms with Gasteiger partial charge in [-0.3, -0.25) is 4.79 Å². The Balaban J connectivity index is 1.79. The summed E-state index contributed by atoms with van der Waals surface area (Å²) in [5.41, 5.74) is 2.35. The van der Waals surface area contributed by atoms with E-state index in [0.29, 0.717) is 17.2 Å². The van der Waals surface area contributed by atoms with E-state index >= 15 is 0 Å². The van der Waals surface area contributed by atoms with Gasteiger partial charge in [0, 0.05) is 5.56 Å². The summed E-state index contributed by atoms with van der Waals surface area (Å²) in [6.07, 6.45) is 1.57. The lowest BCUT2D eigenvalue weighted by Crippen LogP contribution is -2.28. The summed E-state index contributed by atoms with van der Waals surface area (Å²) in [6.45, 7) is 4.24. The number of hydrogen-bond acceptors (Lipinski definition) is 4. The van der Waals surface area contributed by atoms with Gasteiger partial charge in [0.1, 0.15) is 17.2 Å². The zero-order valence-electron chi connectivity index (χ0n) is 17.8. The van der Waals surface area contributed by atoms with Crippen LogP contribution in [0.25, 0.3) is 6.08 Å². The number of ether oxygens (including phenoxy) is 2. The highest BCUT2D eigenvalue weighted by Crippen LogP contribution is 2.30. The monoisotopic (exact) mass is 415 g/mol. The minimum absolute atomic E-state index is 0.0511. The van der Waals surface area contributed by atoms with Crippen LogP contribution in [0.2, 0.25) is 0 Å². The molecule has 0 fully saturated rings. The van der Waals surface area contributed by atoms with E-state index in [4.69, 9.17) is 9.47 Å². The molecule has 0 saturated heterocycles. The van der Waals surface area contributed by atoms with Crippen molar-refractivity contribution in [1.82, 2.24) is 5.32 Å². The van der Waals surface area contributed by atoms with Gasteiger partial charge in [-0.25, -0.2) is 4.79 Å². The summed E-state index contributed by atoms with van der Waals surface area (Å²) in [5, 5.41) is 2.62. The summed E-state index contributed by atoms with van der Waals surface area (Å²) in [6, 6.07) is 23.9. The average Bonchev–Trinajstić information content (AvgIpc) is 2.80. The molecule has 31 heavy (non-hydrogen) atoms. The third kappa shape index (κ3) is 5.82. The fraction of sp³-hybridized carbons (Fsp3) is 0.154. The van der Waals surface area contributed by atoms with Crippen LogP contribution in [0.3, 0.4) is 0 Å². The summed E-state index contributed by atoms with van der Waals surface area (Å²) in [7, 11) is 1.27. The first-order chi connectivity index (χ1) is 15.0. The molecule has 0 saturated carbocycles. The molecule has 0 radical (unpaired) electrons. The van der Waals surface area contributed by atoms with Gasteiger partial charge in [0.15, 0.2) is 0 Å². The van der Waals surface area contributed by atoms with Crippen molar-refractivity contribution in [2.75, 3.05) is 7.11 Å². The molecular weight excluding hydrogens is 390 g/mol. The van der Waals surface area contributed by atoms with Crippen molar-refractivity contribution in [2.45, 2.75) is 19.8 Å². The van der Waals surface area contributed by atoms with E-state index < -0.39 is 5.97 Å². The van der Waals surface area contributed by atoms with Gasteiger partial charge in [0.2, 0.25) is 0 Å². The molecule has 0 atom stereocenters. The molecule has 0 aliphatic heterocycles. The Kier molecular flexibility index (Phi) is 7.22. The number of carbonyl (C=O) groups is 2. The number of para-hydroxylation sites is 1. The van der Waals surface area contributed by atoms with Gasteiger partial charge in [-0.2, -0.15) is 0 Å². The first-order valence-corrected chi connectivity index (χ1v) is 10.0. The highest BCUT2D eigenvalue weighted by atomic mass is 16.5. The first-order valence-electron chi connectivity index (χ1n) is 10.0. The lowest BCUT2D eigenvalue weighted by molar-refractivity contribution is -0.136. The molecule has 3 rings (SSSR count). The van der Waals surface area contributed by atoms with Crippen molar-refractivity contribution in [1.29, 1.82) is 0 Å². The number of amides is 1. The molecule has 0 aliphatic carbocycles. The topological polar surface area (TPSA) is 64.6 Å². The number of nitrogens with one attached hydrogen (secondary N) is 1. The second-order valence-corrected chi connectivity index (χ2v) is 7.23. The number of benzene rings is 3. The van der Waals surface area contributed by atoms with Crippen LogP contribution in [0.1, 0.15) is 41.3 Å². The molecule has 5 nitrogen and oxygen atoms in total. The highest BCUT2D eigenvalue weighted by Gasteiger charge is 2.15. The molecule has 3 aromatic rings. The highest BCUT2D eigenvalue weighted by molar-refractivity contribution is 6.03. The largest absolute Gasteiger partial charge is 0.464 e. The first kappa shape index (κ1) is 21.8. The molecule has 0 aliphatic rings. The molecule has 1 N–H and O–H groups in total. The number of carbonyl (C=O) groups excluding carboxylic acids is 2. The van der Waals surface area contributed by atoms with E-state index in [-0.39, 0.29) is 11.6 Å². The van der Waals surface area contributed by atoms with E-state index in [0.717, 1.165) is 16.9 Å². The molecule has 158 valence electrons. The van der Waals surface area contributed by atoms with Gasteiger partial charge in [-0.15, -0.1) is 0 Å². The molecule has 0 heterocycles. The maximum atomic E-state index is 12.4. The molecular formula is C26H25NO4. The smallest absolute Gasteiger partial charge is 0.354 e. The van der Waals surface area contributed by atoms with Crippen molar-refractivity contribution in [3.8, 4) is 11.5 Å². The Morgan fingerprint density at radius 1 is 0.871 bits per heavy atom. The Labute approximate surface area is 182 Å². The number of rotatable bonds is 7. The average molecular weight is 415 g/mol. The van der Waals surface area contributed by atoms with Gasteiger partial charge in [0.25, 0.3) is 5.91 Å². The Bertz CT molecular complexity index is 1070. The minimum atomic E-state index is -0.629. The van der Waals surface area contributed by atoms with E-state index in [1.165, 1.54) is 7.11 Å². The Hall–Kier alpha value is -3.86. The van der Waals surface area contributed by atoms with E-state index in [1.54, 1.807) is 30.3 Å².